The molecule has 1 unspecified atom stereocenters. The highest BCUT2D eigenvalue weighted by Gasteiger charge is 2.28. The number of carbonyl (C=O) groups is 1. The predicted octanol–water partition coefficient (Wildman–Crippen LogP) is 1.75. The Balaban J connectivity index is 1.67. The summed E-state index contributed by atoms with van der Waals surface area (Å²) in [5, 5.41) is 11.5. The van der Waals surface area contributed by atoms with E-state index in [0.29, 0.717) is 31.0 Å². The van der Waals surface area contributed by atoms with Gasteiger partial charge in [-0.3, -0.25) is 4.79 Å². The van der Waals surface area contributed by atoms with Crippen LogP contribution < -0.4 is 5.32 Å². The zero-order valence-corrected chi connectivity index (χ0v) is 11.7. The number of hydrogen-bond donors (Lipinski definition) is 1. The van der Waals surface area contributed by atoms with E-state index in [1.54, 1.807) is 27.8 Å². The highest BCUT2D eigenvalue weighted by molar-refractivity contribution is 5.92. The Bertz CT molecular complexity index is 736. The van der Waals surface area contributed by atoms with Crippen LogP contribution in [0.2, 0.25) is 0 Å². The Morgan fingerprint density at radius 2 is 2.36 bits per heavy atom. The number of nitriles is 1. The predicted molar refractivity (Wildman–Crippen MR) is 77.4 cm³/mol. The lowest BCUT2D eigenvalue weighted by atomic mass is 10.1. The topological polar surface area (TPSA) is 74.0 Å². The molecule has 1 aliphatic heterocycles. The summed E-state index contributed by atoms with van der Waals surface area (Å²) in [5.41, 5.74) is 0.629. The molecule has 7 heteroatoms. The summed E-state index contributed by atoms with van der Waals surface area (Å²) in [5.74, 6) is -0.287. The molecule has 112 valence electrons. The van der Waals surface area contributed by atoms with Crippen LogP contribution >= 0.6 is 0 Å². The summed E-state index contributed by atoms with van der Waals surface area (Å²) in [6, 6.07) is 6.11. The minimum absolute atomic E-state index is 0.151. The molecule has 0 spiro atoms. The van der Waals surface area contributed by atoms with Gasteiger partial charge in [-0.05, 0) is 24.6 Å². The summed E-state index contributed by atoms with van der Waals surface area (Å²) in [7, 11) is 0. The number of benzene rings is 1. The van der Waals surface area contributed by atoms with E-state index < -0.39 is 0 Å². The zero-order chi connectivity index (χ0) is 15.5. The molecule has 22 heavy (non-hydrogen) atoms. The zero-order valence-electron chi connectivity index (χ0n) is 11.7. The maximum Gasteiger partial charge on any atom is 0.230 e. The number of halogens is 1. The third kappa shape index (κ3) is 2.91. The second-order valence-corrected chi connectivity index (χ2v) is 5.17. The van der Waals surface area contributed by atoms with Gasteiger partial charge in [-0.15, -0.1) is 0 Å². The van der Waals surface area contributed by atoms with Gasteiger partial charge >= 0.3 is 0 Å². The minimum Gasteiger partial charge on any atom is -0.310 e. The Hall–Kier alpha value is -2.88. The molecule has 1 aromatic heterocycles. The van der Waals surface area contributed by atoms with Gasteiger partial charge in [-0.1, -0.05) is 6.07 Å². The second kappa shape index (κ2) is 5.85. The number of likely N-dealkylation sites (tertiary alicyclic amines) is 1. The molecule has 3 rings (SSSR count). The second-order valence-electron chi connectivity index (χ2n) is 5.17. The normalized spacial score (nSPS) is 17.3. The van der Waals surface area contributed by atoms with E-state index in [0.717, 1.165) is 0 Å². The van der Waals surface area contributed by atoms with Crippen LogP contribution in [0.3, 0.4) is 0 Å². The molecule has 2 aromatic rings. The quantitative estimate of drug-likeness (QED) is 0.876. The third-order valence-electron chi connectivity index (χ3n) is 3.64. The molecule has 1 fully saturated rings. The molecule has 1 amide bonds. The van der Waals surface area contributed by atoms with E-state index in [-0.39, 0.29) is 17.6 Å². The number of rotatable bonds is 3. The monoisotopic (exact) mass is 299 g/mol. The molecular weight excluding hydrogens is 285 g/mol. The average Bonchev–Trinajstić information content (AvgIpc) is 3.16. The van der Waals surface area contributed by atoms with Crippen molar-refractivity contribution in [2.45, 2.75) is 6.42 Å². The van der Waals surface area contributed by atoms with Crippen LogP contribution in [0.5, 0.6) is 0 Å². The van der Waals surface area contributed by atoms with Gasteiger partial charge in [0.05, 0.1) is 12.1 Å². The maximum atomic E-state index is 13.2. The van der Waals surface area contributed by atoms with Gasteiger partial charge in [0.1, 0.15) is 12.1 Å². The van der Waals surface area contributed by atoms with Crippen molar-refractivity contribution in [1.29, 1.82) is 5.26 Å². The van der Waals surface area contributed by atoms with E-state index in [9.17, 15) is 9.18 Å². The number of amides is 1. The van der Waals surface area contributed by atoms with E-state index in [1.165, 1.54) is 18.5 Å². The molecule has 0 saturated carbocycles. The van der Waals surface area contributed by atoms with Crippen LogP contribution in [0.15, 0.2) is 36.8 Å². The number of nitrogens with one attached hydrogen (secondary N) is 1. The van der Waals surface area contributed by atoms with Gasteiger partial charge in [0, 0.05) is 18.8 Å². The van der Waals surface area contributed by atoms with Crippen molar-refractivity contribution in [3.05, 3.63) is 42.6 Å². The number of hydrogen-bond acceptors (Lipinski definition) is 4. The number of nitrogens with zero attached hydrogens (tertiary/aromatic N) is 4. The highest BCUT2D eigenvalue weighted by Crippen LogP contribution is 2.18. The first-order chi connectivity index (χ1) is 10.7. The Labute approximate surface area is 126 Å². The molecule has 6 nitrogen and oxygen atoms in total. The maximum absolute atomic E-state index is 13.2. The van der Waals surface area contributed by atoms with Crippen LogP contribution in [0.4, 0.5) is 10.2 Å². The number of aromatic nitrogens is 2. The first-order valence-corrected chi connectivity index (χ1v) is 6.91. The van der Waals surface area contributed by atoms with Crippen LogP contribution in [0.1, 0.15) is 6.42 Å². The summed E-state index contributed by atoms with van der Waals surface area (Å²) in [6.07, 6.45) is 5.84. The summed E-state index contributed by atoms with van der Waals surface area (Å²) < 4.78 is 14.8. The SMILES string of the molecule is N#CN1CCC(C(=O)Nc2cn(-c3cccc(F)c3)cn2)C1. The lowest BCUT2D eigenvalue weighted by Crippen LogP contribution is -2.25. The molecule has 1 aromatic carbocycles. The van der Waals surface area contributed by atoms with Gasteiger partial charge in [0.2, 0.25) is 5.91 Å². The van der Waals surface area contributed by atoms with Gasteiger partial charge in [-0.25, -0.2) is 9.37 Å². The van der Waals surface area contributed by atoms with Crippen LogP contribution in [-0.2, 0) is 4.79 Å². The van der Waals surface area contributed by atoms with Crippen molar-refractivity contribution < 1.29 is 9.18 Å². The van der Waals surface area contributed by atoms with Crippen molar-refractivity contribution >= 4 is 11.7 Å². The summed E-state index contributed by atoms with van der Waals surface area (Å²) in [4.78, 5) is 17.8. The number of anilines is 1. The van der Waals surface area contributed by atoms with E-state index in [4.69, 9.17) is 5.26 Å². The smallest absolute Gasteiger partial charge is 0.230 e. The van der Waals surface area contributed by atoms with Gasteiger partial charge in [0.25, 0.3) is 0 Å². The largest absolute Gasteiger partial charge is 0.310 e. The Kier molecular flexibility index (Phi) is 3.74. The number of carbonyl (C=O) groups excluding carboxylic acids is 1. The van der Waals surface area contributed by atoms with Crippen molar-refractivity contribution in [3.8, 4) is 11.9 Å². The fourth-order valence-corrected chi connectivity index (χ4v) is 2.46. The van der Waals surface area contributed by atoms with E-state index in [2.05, 4.69) is 10.3 Å². The molecule has 1 N–H and O–H groups in total. The average molecular weight is 299 g/mol. The summed E-state index contributed by atoms with van der Waals surface area (Å²) in [6.45, 7) is 1.04. The molecular formula is C15H14FN5O. The molecule has 0 aliphatic carbocycles. The van der Waals surface area contributed by atoms with E-state index >= 15 is 0 Å². The fraction of sp³-hybridized carbons (Fsp3) is 0.267. The molecule has 1 saturated heterocycles. The first kappa shape index (κ1) is 14.1. The molecule has 0 bridgehead atoms. The Morgan fingerprint density at radius 3 is 3.09 bits per heavy atom. The standard InChI is InChI=1S/C15H14FN5O/c16-12-2-1-3-13(6-12)21-8-14(18-10-21)19-15(22)11-4-5-20(7-11)9-17/h1-3,6,8,10-11H,4-5,7H2,(H,19,22). The van der Waals surface area contributed by atoms with Gasteiger partial charge in [-0.2, -0.15) is 5.26 Å². The first-order valence-electron chi connectivity index (χ1n) is 6.91. The third-order valence-corrected chi connectivity index (χ3v) is 3.64. The molecule has 2 heterocycles. The summed E-state index contributed by atoms with van der Waals surface area (Å²) >= 11 is 0. The van der Waals surface area contributed by atoms with Crippen LogP contribution in [0, 0.1) is 23.2 Å². The minimum atomic E-state index is -0.334. The van der Waals surface area contributed by atoms with Gasteiger partial charge < -0.3 is 14.8 Å². The Morgan fingerprint density at radius 1 is 1.50 bits per heavy atom. The van der Waals surface area contributed by atoms with Gasteiger partial charge in [0.15, 0.2) is 12.0 Å². The van der Waals surface area contributed by atoms with Crippen LogP contribution in [-0.4, -0.2) is 33.4 Å². The van der Waals surface area contributed by atoms with Crippen molar-refractivity contribution in [3.63, 3.8) is 0 Å². The van der Waals surface area contributed by atoms with E-state index in [1.807, 2.05) is 6.19 Å². The molecule has 1 aliphatic rings. The fourth-order valence-electron chi connectivity index (χ4n) is 2.46. The van der Waals surface area contributed by atoms with Crippen molar-refractivity contribution in [2.75, 3.05) is 18.4 Å². The number of imidazole rings is 1. The van der Waals surface area contributed by atoms with Crippen molar-refractivity contribution in [1.82, 2.24) is 14.5 Å². The lowest BCUT2D eigenvalue weighted by Gasteiger charge is -2.08. The highest BCUT2D eigenvalue weighted by atomic mass is 19.1. The molecule has 0 radical (unpaired) electrons. The van der Waals surface area contributed by atoms with Crippen molar-refractivity contribution in [2.24, 2.45) is 5.92 Å². The lowest BCUT2D eigenvalue weighted by molar-refractivity contribution is -0.119. The van der Waals surface area contributed by atoms with Crippen LogP contribution in [0.25, 0.3) is 5.69 Å². The molecule has 1 atom stereocenters.